The fourth-order valence-corrected chi connectivity index (χ4v) is 2.80. The first-order valence-corrected chi connectivity index (χ1v) is 8.34. The van der Waals surface area contributed by atoms with Crippen LogP contribution in [0.15, 0.2) is 30.3 Å². The van der Waals surface area contributed by atoms with Crippen LogP contribution in [-0.4, -0.2) is 51.8 Å². The van der Waals surface area contributed by atoms with E-state index in [9.17, 15) is 4.79 Å². The van der Waals surface area contributed by atoms with Crippen molar-refractivity contribution >= 4 is 5.91 Å². The van der Waals surface area contributed by atoms with Crippen molar-refractivity contribution in [2.75, 3.05) is 26.2 Å². The van der Waals surface area contributed by atoms with E-state index in [4.69, 9.17) is 4.74 Å². The minimum Gasteiger partial charge on any atom is -0.492 e. The molecule has 1 N–H and O–H groups in total. The van der Waals surface area contributed by atoms with E-state index in [0.717, 1.165) is 36.9 Å². The van der Waals surface area contributed by atoms with Gasteiger partial charge in [0.25, 0.3) is 0 Å². The van der Waals surface area contributed by atoms with Gasteiger partial charge in [0.05, 0.1) is 19.6 Å². The number of hydrogen-bond donors (Lipinski definition) is 1. The van der Waals surface area contributed by atoms with Crippen LogP contribution in [0.25, 0.3) is 0 Å². The molecule has 1 aromatic carbocycles. The highest BCUT2D eigenvalue weighted by Crippen LogP contribution is 2.12. The normalized spacial score (nSPS) is 14.2. The summed E-state index contributed by atoms with van der Waals surface area (Å²) in [5.74, 6) is 2.79. The predicted octanol–water partition coefficient (Wildman–Crippen LogP) is 0.851. The van der Waals surface area contributed by atoms with Crippen LogP contribution < -0.4 is 10.1 Å². The number of nitrogens with one attached hydrogen (secondary N) is 1. The number of aryl methyl sites for hydroxylation is 1. The van der Waals surface area contributed by atoms with Crippen LogP contribution in [0.5, 0.6) is 5.75 Å². The fourth-order valence-electron chi connectivity index (χ4n) is 2.80. The fraction of sp³-hybridized carbons (Fsp3) is 0.471. The number of para-hydroxylation sites is 1. The van der Waals surface area contributed by atoms with Crippen molar-refractivity contribution in [1.29, 1.82) is 0 Å². The summed E-state index contributed by atoms with van der Waals surface area (Å²) in [6, 6.07) is 9.59. The zero-order valence-electron chi connectivity index (χ0n) is 13.9. The van der Waals surface area contributed by atoms with Crippen molar-refractivity contribution in [3.63, 3.8) is 0 Å². The van der Waals surface area contributed by atoms with Crippen LogP contribution in [0.3, 0.4) is 0 Å². The molecule has 7 nitrogen and oxygen atoms in total. The summed E-state index contributed by atoms with van der Waals surface area (Å²) in [5.41, 5.74) is 0. The lowest BCUT2D eigenvalue weighted by Gasteiger charge is -2.27. The lowest BCUT2D eigenvalue weighted by molar-refractivity contribution is -0.122. The first kappa shape index (κ1) is 16.4. The zero-order chi connectivity index (χ0) is 16.8. The number of amides is 1. The van der Waals surface area contributed by atoms with Gasteiger partial charge in [-0.05, 0) is 12.1 Å². The Bertz CT molecular complexity index is 671. The van der Waals surface area contributed by atoms with E-state index < -0.39 is 0 Å². The van der Waals surface area contributed by atoms with E-state index >= 15 is 0 Å². The Kier molecular flexibility index (Phi) is 5.43. The molecule has 2 heterocycles. The molecule has 0 fully saturated rings. The van der Waals surface area contributed by atoms with Gasteiger partial charge in [-0.3, -0.25) is 9.69 Å². The lowest BCUT2D eigenvalue weighted by Crippen LogP contribution is -2.42. The van der Waals surface area contributed by atoms with Gasteiger partial charge in [0.1, 0.15) is 24.0 Å². The van der Waals surface area contributed by atoms with Crippen molar-refractivity contribution in [3.8, 4) is 5.75 Å². The van der Waals surface area contributed by atoms with E-state index in [0.29, 0.717) is 26.2 Å². The Hall–Kier alpha value is -2.41. The van der Waals surface area contributed by atoms with E-state index in [1.54, 1.807) is 0 Å². The molecule has 1 amide bonds. The quantitative estimate of drug-likeness (QED) is 0.763. The first-order chi connectivity index (χ1) is 11.8. The lowest BCUT2D eigenvalue weighted by atomic mass is 10.3. The Balaban J connectivity index is 1.38. The number of hydrogen-bond acceptors (Lipinski definition) is 5. The third-order valence-electron chi connectivity index (χ3n) is 4.03. The number of carbonyl (C=O) groups is 1. The Morgan fingerprint density at radius 1 is 1.25 bits per heavy atom. The summed E-state index contributed by atoms with van der Waals surface area (Å²) in [5, 5.41) is 11.3. The van der Waals surface area contributed by atoms with Gasteiger partial charge >= 0.3 is 0 Å². The predicted molar refractivity (Wildman–Crippen MR) is 89.6 cm³/mol. The van der Waals surface area contributed by atoms with Crippen molar-refractivity contribution in [3.05, 3.63) is 42.0 Å². The second-order valence-electron chi connectivity index (χ2n) is 5.76. The van der Waals surface area contributed by atoms with Crippen LogP contribution in [0.4, 0.5) is 0 Å². The van der Waals surface area contributed by atoms with Gasteiger partial charge in [-0.1, -0.05) is 25.1 Å². The van der Waals surface area contributed by atoms with Crippen LogP contribution >= 0.6 is 0 Å². The minimum atomic E-state index is 0.00958. The minimum absolute atomic E-state index is 0.00958. The topological polar surface area (TPSA) is 72.3 Å². The monoisotopic (exact) mass is 329 g/mol. The Morgan fingerprint density at radius 3 is 2.88 bits per heavy atom. The van der Waals surface area contributed by atoms with Crippen LogP contribution in [-0.2, 0) is 24.3 Å². The third-order valence-corrected chi connectivity index (χ3v) is 4.03. The van der Waals surface area contributed by atoms with Crippen molar-refractivity contribution < 1.29 is 9.53 Å². The largest absolute Gasteiger partial charge is 0.492 e. The molecule has 1 aromatic heterocycles. The number of benzene rings is 1. The summed E-state index contributed by atoms with van der Waals surface area (Å²) in [4.78, 5) is 14.1. The summed E-state index contributed by atoms with van der Waals surface area (Å²) in [6.45, 7) is 5.76. The average molecular weight is 329 g/mol. The van der Waals surface area contributed by atoms with Crippen molar-refractivity contribution in [2.24, 2.45) is 0 Å². The number of rotatable bonds is 7. The van der Waals surface area contributed by atoms with E-state index in [2.05, 4.69) is 31.9 Å². The first-order valence-electron chi connectivity index (χ1n) is 8.34. The van der Waals surface area contributed by atoms with Gasteiger partial charge in [-0.15, -0.1) is 10.2 Å². The van der Waals surface area contributed by atoms with E-state index in [1.165, 1.54) is 0 Å². The van der Waals surface area contributed by atoms with Crippen LogP contribution in [0.2, 0.25) is 0 Å². The summed E-state index contributed by atoms with van der Waals surface area (Å²) >= 11 is 0. The van der Waals surface area contributed by atoms with E-state index in [-0.39, 0.29) is 5.91 Å². The molecule has 1 aliphatic heterocycles. The molecule has 7 heteroatoms. The molecule has 0 radical (unpaired) electrons. The van der Waals surface area contributed by atoms with Gasteiger partial charge in [0.15, 0.2) is 0 Å². The van der Waals surface area contributed by atoms with Crippen LogP contribution in [0, 0.1) is 0 Å². The molecular formula is C17H23N5O2. The van der Waals surface area contributed by atoms with Gasteiger partial charge in [0.2, 0.25) is 5.91 Å². The molecule has 2 aromatic rings. The number of carbonyl (C=O) groups excluding carboxylic acids is 1. The van der Waals surface area contributed by atoms with Gasteiger partial charge in [0, 0.05) is 19.5 Å². The molecule has 0 aliphatic carbocycles. The second kappa shape index (κ2) is 7.92. The smallest absolute Gasteiger partial charge is 0.234 e. The summed E-state index contributed by atoms with van der Waals surface area (Å²) in [7, 11) is 0. The standard InChI is InChI=1S/C17H23N5O2/c1-2-15-19-20-16-12-21(9-10-22(15)16)13-17(23)18-8-11-24-14-6-4-3-5-7-14/h3-7H,2,8-13H2,1H3,(H,18,23). The molecule has 0 saturated carbocycles. The zero-order valence-corrected chi connectivity index (χ0v) is 13.9. The van der Waals surface area contributed by atoms with Gasteiger partial charge in [-0.25, -0.2) is 0 Å². The number of fused-ring (bicyclic) bond motifs is 1. The molecule has 0 bridgehead atoms. The maximum Gasteiger partial charge on any atom is 0.234 e. The highest BCUT2D eigenvalue weighted by Gasteiger charge is 2.21. The third kappa shape index (κ3) is 4.11. The van der Waals surface area contributed by atoms with Crippen molar-refractivity contribution in [2.45, 2.75) is 26.4 Å². The number of aromatic nitrogens is 3. The maximum absolute atomic E-state index is 12.0. The van der Waals surface area contributed by atoms with Gasteiger partial charge < -0.3 is 14.6 Å². The SMILES string of the molecule is CCc1nnc2n1CCN(CC(=O)NCCOc1ccccc1)C2. The molecule has 1 aliphatic rings. The maximum atomic E-state index is 12.0. The molecule has 0 atom stereocenters. The van der Waals surface area contributed by atoms with Gasteiger partial charge in [-0.2, -0.15) is 0 Å². The Labute approximate surface area is 141 Å². The van der Waals surface area contributed by atoms with Crippen molar-refractivity contribution in [1.82, 2.24) is 25.0 Å². The molecule has 128 valence electrons. The Morgan fingerprint density at radius 2 is 2.08 bits per heavy atom. The molecule has 0 saturated heterocycles. The number of nitrogens with zero attached hydrogens (tertiary/aromatic N) is 4. The second-order valence-corrected chi connectivity index (χ2v) is 5.76. The van der Waals surface area contributed by atoms with Crippen LogP contribution in [0.1, 0.15) is 18.6 Å². The molecule has 0 unspecified atom stereocenters. The van der Waals surface area contributed by atoms with E-state index in [1.807, 2.05) is 30.3 Å². The molecular weight excluding hydrogens is 306 g/mol. The summed E-state index contributed by atoms with van der Waals surface area (Å²) < 4.78 is 7.71. The number of ether oxygens (including phenoxy) is 1. The molecule has 24 heavy (non-hydrogen) atoms. The summed E-state index contributed by atoms with van der Waals surface area (Å²) in [6.07, 6.45) is 0.884. The average Bonchev–Trinajstić information content (AvgIpc) is 3.02. The molecule has 3 rings (SSSR count). The highest BCUT2D eigenvalue weighted by molar-refractivity contribution is 5.78. The highest BCUT2D eigenvalue weighted by atomic mass is 16.5. The molecule has 0 spiro atoms.